The number of pyridine rings is 1. The average Bonchev–Trinajstić information content (AvgIpc) is 3.44. The summed E-state index contributed by atoms with van der Waals surface area (Å²) in [4.78, 5) is 21.7. The topological polar surface area (TPSA) is 97.5 Å². The van der Waals surface area contributed by atoms with E-state index in [1.165, 1.54) is 19.3 Å². The molecule has 0 unspecified atom stereocenters. The molecule has 4 aromatic carbocycles. The summed E-state index contributed by atoms with van der Waals surface area (Å²) in [5.74, 6) is 0.867. The highest BCUT2D eigenvalue weighted by atomic mass is 16.5. The van der Waals surface area contributed by atoms with E-state index in [0.717, 1.165) is 68.8 Å². The van der Waals surface area contributed by atoms with Gasteiger partial charge in [0.25, 0.3) is 0 Å². The number of carboxylic acids is 1. The first kappa shape index (κ1) is 26.7. The Kier molecular flexibility index (Phi) is 6.78. The lowest BCUT2D eigenvalue weighted by Gasteiger charge is -2.25. The van der Waals surface area contributed by atoms with Crippen molar-refractivity contribution in [3.8, 4) is 45.3 Å². The zero-order chi connectivity index (χ0) is 29.5. The van der Waals surface area contributed by atoms with Gasteiger partial charge in [-0.05, 0) is 90.7 Å². The molecule has 0 amide bonds. The number of hydrogen-bond donors (Lipinski definition) is 2. The van der Waals surface area contributed by atoms with Gasteiger partial charge < -0.3 is 19.5 Å². The summed E-state index contributed by atoms with van der Waals surface area (Å²) in [6, 6.07) is 29.0. The second kappa shape index (κ2) is 10.9. The number of benzene rings is 4. The summed E-state index contributed by atoms with van der Waals surface area (Å²) in [5.41, 5.74) is 7.47. The van der Waals surface area contributed by atoms with E-state index in [1.807, 2.05) is 48.5 Å². The molecule has 7 nitrogen and oxygen atoms in total. The number of hydrogen-bond acceptors (Lipinski definition) is 5. The molecule has 0 saturated heterocycles. The van der Waals surface area contributed by atoms with Gasteiger partial charge in [0.2, 0.25) is 0 Å². The summed E-state index contributed by atoms with van der Waals surface area (Å²) in [6.45, 7) is 0. The van der Waals surface area contributed by atoms with Crippen LogP contribution in [-0.4, -0.2) is 37.8 Å². The monoisotopic (exact) mass is 569 g/mol. The molecule has 1 aliphatic carbocycles. The third-order valence-corrected chi connectivity index (χ3v) is 8.50. The normalized spacial score (nSPS) is 13.9. The second-order valence-electron chi connectivity index (χ2n) is 11.2. The molecule has 0 radical (unpaired) electrons. The highest BCUT2D eigenvalue weighted by Gasteiger charge is 2.23. The van der Waals surface area contributed by atoms with Crippen LogP contribution in [0.1, 0.15) is 48.5 Å². The van der Waals surface area contributed by atoms with Gasteiger partial charge >= 0.3 is 5.97 Å². The van der Waals surface area contributed by atoms with Gasteiger partial charge in [0.05, 0.1) is 34.9 Å². The van der Waals surface area contributed by atoms with Crippen LogP contribution < -0.4 is 4.74 Å². The Labute approximate surface area is 249 Å². The molecule has 0 atom stereocenters. The number of aromatic hydroxyl groups is 1. The number of methoxy groups -OCH3 is 1. The fourth-order valence-corrected chi connectivity index (χ4v) is 6.31. The number of phenolic OH excluding ortho intramolecular Hbond substituents is 1. The lowest BCUT2D eigenvalue weighted by molar-refractivity contribution is 0.0697. The lowest BCUT2D eigenvalue weighted by Crippen LogP contribution is -2.14. The van der Waals surface area contributed by atoms with Crippen LogP contribution in [0.15, 0.2) is 91.0 Å². The SMILES string of the molecule is COc1ccc(-c2ccc(O)cc2)c(-c2ccc3cc(-c4nc5cc(C(=O)O)ccc5n4C4CCCCC4)ccc3n2)c1. The molecular weight excluding hydrogens is 538 g/mol. The van der Waals surface area contributed by atoms with Gasteiger partial charge in [0, 0.05) is 22.6 Å². The van der Waals surface area contributed by atoms with Crippen LogP contribution in [0.25, 0.3) is 55.7 Å². The van der Waals surface area contributed by atoms with Crippen LogP contribution in [0.4, 0.5) is 0 Å². The van der Waals surface area contributed by atoms with Crippen molar-refractivity contribution in [2.75, 3.05) is 7.11 Å². The van der Waals surface area contributed by atoms with Gasteiger partial charge in [-0.15, -0.1) is 0 Å². The minimum atomic E-state index is -0.951. The minimum absolute atomic E-state index is 0.220. The Balaban J connectivity index is 1.33. The van der Waals surface area contributed by atoms with Crippen LogP contribution in [0.5, 0.6) is 11.5 Å². The Hall–Kier alpha value is -5.17. The zero-order valence-corrected chi connectivity index (χ0v) is 23.8. The van der Waals surface area contributed by atoms with Crippen molar-refractivity contribution in [3.63, 3.8) is 0 Å². The van der Waals surface area contributed by atoms with E-state index in [4.69, 9.17) is 14.7 Å². The second-order valence-corrected chi connectivity index (χ2v) is 11.2. The highest BCUT2D eigenvalue weighted by molar-refractivity contribution is 5.94. The maximum atomic E-state index is 11.7. The van der Waals surface area contributed by atoms with Gasteiger partial charge in [-0.25, -0.2) is 14.8 Å². The number of phenols is 1. The quantitative estimate of drug-likeness (QED) is 0.209. The van der Waals surface area contributed by atoms with E-state index in [2.05, 4.69) is 22.8 Å². The van der Waals surface area contributed by atoms with Crippen molar-refractivity contribution in [2.45, 2.75) is 38.1 Å². The number of carbonyl (C=O) groups is 1. The molecule has 43 heavy (non-hydrogen) atoms. The van der Waals surface area contributed by atoms with Gasteiger partial charge in [0.1, 0.15) is 17.3 Å². The van der Waals surface area contributed by atoms with Gasteiger partial charge in [-0.2, -0.15) is 0 Å². The van der Waals surface area contributed by atoms with E-state index in [1.54, 1.807) is 31.4 Å². The minimum Gasteiger partial charge on any atom is -0.508 e. The lowest BCUT2D eigenvalue weighted by atomic mass is 9.94. The molecule has 0 bridgehead atoms. The number of aromatic carboxylic acids is 1. The van der Waals surface area contributed by atoms with Crippen molar-refractivity contribution in [1.29, 1.82) is 0 Å². The molecule has 214 valence electrons. The molecule has 2 heterocycles. The van der Waals surface area contributed by atoms with Crippen molar-refractivity contribution in [3.05, 3.63) is 96.6 Å². The van der Waals surface area contributed by atoms with Crippen LogP contribution in [-0.2, 0) is 0 Å². The fraction of sp³-hybridized carbons (Fsp3) is 0.194. The molecule has 0 aliphatic heterocycles. The number of aromatic nitrogens is 3. The van der Waals surface area contributed by atoms with E-state index in [-0.39, 0.29) is 11.3 Å². The molecule has 1 aliphatic rings. The van der Waals surface area contributed by atoms with Crippen molar-refractivity contribution in [2.24, 2.45) is 0 Å². The molecule has 1 saturated carbocycles. The third kappa shape index (κ3) is 4.97. The summed E-state index contributed by atoms with van der Waals surface area (Å²) >= 11 is 0. The zero-order valence-electron chi connectivity index (χ0n) is 23.8. The van der Waals surface area contributed by atoms with Crippen LogP contribution in [0.3, 0.4) is 0 Å². The summed E-state index contributed by atoms with van der Waals surface area (Å²) in [5, 5.41) is 20.4. The summed E-state index contributed by atoms with van der Waals surface area (Å²) < 4.78 is 7.86. The van der Waals surface area contributed by atoms with E-state index in [9.17, 15) is 15.0 Å². The standard InChI is InChI=1S/C36H31N3O4/c1-43-28-14-15-29(22-7-12-27(40)13-8-22)30(21-28)32-17-9-23-19-24(10-16-31(23)37-32)35-38-33-20-25(36(41)42)11-18-34(33)39(35)26-5-3-2-4-6-26/h7-21,26,40H,2-6H2,1H3,(H,41,42). The highest BCUT2D eigenvalue weighted by Crippen LogP contribution is 2.38. The molecule has 2 N–H and O–H groups in total. The number of carboxylic acid groups (broad SMARTS) is 1. The predicted molar refractivity (Wildman–Crippen MR) is 169 cm³/mol. The molecule has 2 aromatic heterocycles. The van der Waals surface area contributed by atoms with Gasteiger partial charge in [-0.1, -0.05) is 43.5 Å². The third-order valence-electron chi connectivity index (χ3n) is 8.50. The van der Waals surface area contributed by atoms with E-state index < -0.39 is 5.97 Å². The van der Waals surface area contributed by atoms with E-state index >= 15 is 0 Å². The first-order valence-electron chi connectivity index (χ1n) is 14.6. The smallest absolute Gasteiger partial charge is 0.335 e. The van der Waals surface area contributed by atoms with E-state index in [0.29, 0.717) is 11.6 Å². The maximum absolute atomic E-state index is 11.7. The Morgan fingerprint density at radius 3 is 2.35 bits per heavy atom. The van der Waals surface area contributed by atoms with Crippen LogP contribution in [0, 0.1) is 0 Å². The van der Waals surface area contributed by atoms with Crippen LogP contribution >= 0.6 is 0 Å². The summed E-state index contributed by atoms with van der Waals surface area (Å²) in [7, 11) is 1.65. The number of imidazole rings is 1. The molecule has 1 fully saturated rings. The van der Waals surface area contributed by atoms with Gasteiger partial charge in [0.15, 0.2) is 0 Å². The van der Waals surface area contributed by atoms with Crippen molar-refractivity contribution < 1.29 is 19.7 Å². The first-order valence-corrected chi connectivity index (χ1v) is 14.6. The molecular formula is C36H31N3O4. The molecule has 6 aromatic rings. The maximum Gasteiger partial charge on any atom is 0.335 e. The molecule has 7 heteroatoms. The predicted octanol–water partition coefficient (Wildman–Crippen LogP) is 8.50. The van der Waals surface area contributed by atoms with Crippen LogP contribution in [0.2, 0.25) is 0 Å². The largest absolute Gasteiger partial charge is 0.508 e. The average molecular weight is 570 g/mol. The Morgan fingerprint density at radius 1 is 0.791 bits per heavy atom. The molecule has 0 spiro atoms. The van der Waals surface area contributed by atoms with Crippen molar-refractivity contribution >= 4 is 27.9 Å². The summed E-state index contributed by atoms with van der Waals surface area (Å²) in [6.07, 6.45) is 5.77. The fourth-order valence-electron chi connectivity index (χ4n) is 6.31. The molecule has 7 rings (SSSR count). The first-order chi connectivity index (χ1) is 21.0. The Bertz CT molecular complexity index is 1990. The number of ether oxygens (including phenoxy) is 1. The number of nitrogens with zero attached hydrogens (tertiary/aromatic N) is 3. The Morgan fingerprint density at radius 2 is 1.58 bits per heavy atom. The number of fused-ring (bicyclic) bond motifs is 2. The van der Waals surface area contributed by atoms with Gasteiger partial charge in [-0.3, -0.25) is 0 Å². The van der Waals surface area contributed by atoms with Crippen molar-refractivity contribution in [1.82, 2.24) is 14.5 Å². The number of rotatable bonds is 6.